The monoisotopic (exact) mass is 493 g/mol. The summed E-state index contributed by atoms with van der Waals surface area (Å²) >= 11 is 0. The summed E-state index contributed by atoms with van der Waals surface area (Å²) in [5.41, 5.74) is 5.74. The van der Waals surface area contributed by atoms with Crippen molar-refractivity contribution in [3.05, 3.63) is 35.6 Å². The molecule has 0 radical (unpaired) electrons. The number of amides is 1. The lowest BCUT2D eigenvalue weighted by atomic mass is 10.1. The van der Waals surface area contributed by atoms with Crippen LogP contribution in [-0.4, -0.2) is 61.2 Å². The van der Waals surface area contributed by atoms with Crippen LogP contribution in [0.2, 0.25) is 0 Å². The number of carbonyl (C=O) groups excluding carboxylic acids is 1. The number of rotatable bonds is 7. The minimum absolute atomic E-state index is 0.00321. The molecule has 0 saturated heterocycles. The molecular weight excluding hydrogens is 468 g/mol. The Labute approximate surface area is 197 Å². The number of anilines is 2. The highest BCUT2D eigenvalue weighted by molar-refractivity contribution is 7.85. The number of aryl methyl sites for hydroxylation is 1. The van der Waals surface area contributed by atoms with E-state index in [1.165, 1.54) is 0 Å². The maximum Gasteiger partial charge on any atom is 0.404 e. The van der Waals surface area contributed by atoms with E-state index in [-0.39, 0.29) is 12.2 Å². The Morgan fingerprint density at radius 1 is 1.29 bits per heavy atom. The molecule has 2 aromatic rings. The summed E-state index contributed by atoms with van der Waals surface area (Å²) in [6.07, 6.45) is 1.89. The Morgan fingerprint density at radius 2 is 2.03 bits per heavy atom. The third kappa shape index (κ3) is 5.29. The number of halogens is 2. The van der Waals surface area contributed by atoms with Crippen LogP contribution in [0.5, 0.6) is 0 Å². The number of aromatic nitrogens is 4. The molecule has 0 spiro atoms. The Morgan fingerprint density at radius 3 is 2.65 bits per heavy atom. The van der Waals surface area contributed by atoms with Crippen molar-refractivity contribution >= 4 is 34.2 Å². The number of fused-ring (bicyclic) bond motifs is 1. The lowest BCUT2D eigenvalue weighted by Crippen LogP contribution is -2.39. The summed E-state index contributed by atoms with van der Waals surface area (Å²) in [5, 5.41) is 3.23. The highest BCUT2D eigenvalue weighted by Gasteiger charge is 2.31. The first-order chi connectivity index (χ1) is 16.1. The number of nitrogens with one attached hydrogen (secondary N) is 1. The Balaban J connectivity index is 1.55. The molecule has 34 heavy (non-hydrogen) atoms. The fourth-order valence-electron chi connectivity index (χ4n) is 3.69. The lowest BCUT2D eigenvalue weighted by Gasteiger charge is -2.29. The van der Waals surface area contributed by atoms with Gasteiger partial charge >= 0.3 is 6.09 Å². The largest absolute Gasteiger partial charge is 0.447 e. The highest BCUT2D eigenvalue weighted by atomic mass is 32.2. The predicted octanol–water partition coefficient (Wildman–Crippen LogP) is 2.45. The van der Waals surface area contributed by atoms with Crippen molar-refractivity contribution in [3.63, 3.8) is 0 Å². The van der Waals surface area contributed by atoms with E-state index in [4.69, 9.17) is 10.5 Å². The van der Waals surface area contributed by atoms with Gasteiger partial charge in [-0.3, -0.25) is 4.21 Å². The standard InChI is InChI=1S/C21H25F2N7O3S/c1-21(2,11-33-19(24)31)29-18-15-14(5-8-34(15)32)27-20(28-18)30-6-3-12(4-7-30)17-25-9-13(10-26-17)16(22)23/h3,9-10,16H,4-8,11H2,1-2H3,(H2,24,31)(H,27,28,29)/t34-/m0/s1. The molecule has 0 fully saturated rings. The first-order valence-electron chi connectivity index (χ1n) is 10.7. The molecule has 0 aromatic carbocycles. The van der Waals surface area contributed by atoms with Gasteiger partial charge in [0.15, 0.2) is 5.82 Å². The summed E-state index contributed by atoms with van der Waals surface area (Å²) in [7, 11) is -1.23. The number of primary amides is 1. The van der Waals surface area contributed by atoms with Gasteiger partial charge in [0.25, 0.3) is 6.43 Å². The average molecular weight is 494 g/mol. The predicted molar refractivity (Wildman–Crippen MR) is 122 cm³/mol. The van der Waals surface area contributed by atoms with Gasteiger partial charge in [0.1, 0.15) is 17.3 Å². The van der Waals surface area contributed by atoms with E-state index >= 15 is 0 Å². The zero-order chi connectivity index (χ0) is 24.5. The number of hydrogen-bond donors (Lipinski definition) is 2. The van der Waals surface area contributed by atoms with Crippen molar-refractivity contribution in [2.24, 2.45) is 5.73 Å². The fraction of sp³-hybridized carbons (Fsp3) is 0.476. The first-order valence-corrected chi connectivity index (χ1v) is 12.0. The van der Waals surface area contributed by atoms with E-state index in [2.05, 4.69) is 25.3 Å². The quantitative estimate of drug-likeness (QED) is 0.596. The Hall–Kier alpha value is -3.22. The van der Waals surface area contributed by atoms with Crippen LogP contribution >= 0.6 is 0 Å². The molecular formula is C21H25F2N7O3S. The highest BCUT2D eigenvalue weighted by Crippen LogP contribution is 2.32. The van der Waals surface area contributed by atoms with Crippen molar-refractivity contribution in [2.45, 2.75) is 43.5 Å². The molecule has 0 saturated carbocycles. The van der Waals surface area contributed by atoms with E-state index in [0.717, 1.165) is 23.7 Å². The molecule has 0 unspecified atom stereocenters. The normalized spacial score (nSPS) is 18.0. The van der Waals surface area contributed by atoms with Crippen LogP contribution in [0.3, 0.4) is 0 Å². The molecule has 10 nitrogen and oxygen atoms in total. The van der Waals surface area contributed by atoms with E-state index in [1.807, 2.05) is 24.8 Å². The Kier molecular flexibility index (Phi) is 6.73. The fourth-order valence-corrected chi connectivity index (χ4v) is 4.99. The maximum atomic E-state index is 12.7. The van der Waals surface area contributed by atoms with Gasteiger partial charge in [0, 0.05) is 37.7 Å². The van der Waals surface area contributed by atoms with E-state index in [1.54, 1.807) is 0 Å². The molecule has 1 atom stereocenters. The van der Waals surface area contributed by atoms with Crippen molar-refractivity contribution in [1.82, 2.24) is 19.9 Å². The van der Waals surface area contributed by atoms with Crippen LogP contribution in [0.25, 0.3) is 5.57 Å². The second kappa shape index (κ2) is 9.57. The van der Waals surface area contributed by atoms with E-state index in [0.29, 0.717) is 54.2 Å². The van der Waals surface area contributed by atoms with Gasteiger partial charge in [0.05, 0.1) is 27.6 Å². The molecule has 2 aromatic heterocycles. The number of hydrogen-bond acceptors (Lipinski definition) is 9. The summed E-state index contributed by atoms with van der Waals surface area (Å²) < 4.78 is 43.0. The van der Waals surface area contributed by atoms with Crippen molar-refractivity contribution in [1.29, 1.82) is 0 Å². The van der Waals surface area contributed by atoms with E-state index < -0.39 is 28.9 Å². The summed E-state index contributed by atoms with van der Waals surface area (Å²) in [6.45, 7) is 4.68. The average Bonchev–Trinajstić information content (AvgIpc) is 3.19. The van der Waals surface area contributed by atoms with E-state index in [9.17, 15) is 17.8 Å². The number of ether oxygens (including phenoxy) is 1. The van der Waals surface area contributed by atoms with Crippen molar-refractivity contribution < 1.29 is 22.5 Å². The zero-order valence-corrected chi connectivity index (χ0v) is 19.6. The second-order valence-corrected chi connectivity index (χ2v) is 10.1. The number of nitrogens with two attached hydrogens (primary N) is 1. The van der Waals surface area contributed by atoms with Crippen LogP contribution in [0.15, 0.2) is 23.4 Å². The van der Waals surface area contributed by atoms with Crippen LogP contribution in [0, 0.1) is 0 Å². The van der Waals surface area contributed by atoms with Crippen LogP contribution in [0.1, 0.15) is 43.8 Å². The number of carbonyl (C=O) groups is 1. The van der Waals surface area contributed by atoms with Gasteiger partial charge in [-0.25, -0.2) is 28.5 Å². The molecule has 13 heteroatoms. The van der Waals surface area contributed by atoms with Crippen molar-refractivity contribution in [3.8, 4) is 0 Å². The Bertz CT molecular complexity index is 1140. The van der Waals surface area contributed by atoms with Crippen LogP contribution < -0.4 is 16.0 Å². The molecule has 1 amide bonds. The molecule has 3 N–H and O–H groups in total. The van der Waals surface area contributed by atoms with Gasteiger partial charge in [-0.15, -0.1) is 0 Å². The topological polar surface area (TPSA) is 136 Å². The second-order valence-electron chi connectivity index (χ2n) is 8.63. The van der Waals surface area contributed by atoms with Crippen molar-refractivity contribution in [2.75, 3.05) is 35.7 Å². The van der Waals surface area contributed by atoms with Gasteiger partial charge in [-0.05, 0) is 25.8 Å². The maximum absolute atomic E-state index is 12.7. The third-order valence-electron chi connectivity index (χ3n) is 5.41. The van der Waals surface area contributed by atoms with Crippen LogP contribution in [0.4, 0.5) is 25.3 Å². The van der Waals surface area contributed by atoms with Gasteiger partial charge in [0.2, 0.25) is 5.95 Å². The summed E-state index contributed by atoms with van der Waals surface area (Å²) in [6, 6.07) is 0. The lowest BCUT2D eigenvalue weighted by molar-refractivity contribution is 0.138. The molecule has 0 aliphatic carbocycles. The minimum atomic E-state index is -2.61. The van der Waals surface area contributed by atoms with Gasteiger partial charge < -0.3 is 20.7 Å². The summed E-state index contributed by atoms with van der Waals surface area (Å²) in [5.74, 6) is 1.81. The number of nitrogens with zero attached hydrogens (tertiary/aromatic N) is 5. The zero-order valence-electron chi connectivity index (χ0n) is 18.8. The first kappa shape index (κ1) is 23.9. The third-order valence-corrected chi connectivity index (χ3v) is 6.87. The molecule has 0 bridgehead atoms. The molecule has 4 heterocycles. The van der Waals surface area contributed by atoms with Crippen LogP contribution in [-0.2, 0) is 22.0 Å². The minimum Gasteiger partial charge on any atom is -0.447 e. The number of alkyl halides is 2. The molecule has 4 rings (SSSR count). The van der Waals surface area contributed by atoms with Gasteiger partial charge in [-0.1, -0.05) is 6.08 Å². The van der Waals surface area contributed by atoms with Gasteiger partial charge in [-0.2, -0.15) is 4.98 Å². The molecule has 2 aliphatic rings. The molecule has 2 aliphatic heterocycles. The molecule has 182 valence electrons. The SMILES string of the molecule is CC(C)(COC(N)=O)Nc1nc(N2CC=C(c3ncc(C(F)F)cn3)CC2)nc2c1[S@@](=O)CC2. The smallest absolute Gasteiger partial charge is 0.404 e. The summed E-state index contributed by atoms with van der Waals surface area (Å²) in [4.78, 5) is 31.0.